The van der Waals surface area contributed by atoms with E-state index in [4.69, 9.17) is 9.47 Å². The minimum Gasteiger partial charge on any atom is -0.486 e. The van der Waals surface area contributed by atoms with Crippen molar-refractivity contribution in [1.82, 2.24) is 14.3 Å². The summed E-state index contributed by atoms with van der Waals surface area (Å²) in [5.41, 5.74) is 2.06. The van der Waals surface area contributed by atoms with Crippen LogP contribution in [0.3, 0.4) is 0 Å². The smallest absolute Gasteiger partial charge is 0.274 e. The van der Waals surface area contributed by atoms with Crippen LogP contribution in [0.25, 0.3) is 5.65 Å². The van der Waals surface area contributed by atoms with Crippen LogP contribution in [0.2, 0.25) is 0 Å². The van der Waals surface area contributed by atoms with Crippen LogP contribution in [0.5, 0.6) is 11.5 Å². The molecule has 1 amide bonds. The van der Waals surface area contributed by atoms with E-state index < -0.39 is 0 Å². The Balaban J connectivity index is 1.50. The Hall–Kier alpha value is -3.02. The molecule has 1 unspecified atom stereocenters. The number of hydrogen-bond acceptors (Lipinski definition) is 4. The van der Waals surface area contributed by atoms with Gasteiger partial charge in [0, 0.05) is 13.2 Å². The summed E-state index contributed by atoms with van der Waals surface area (Å²) < 4.78 is 13.6. The molecule has 0 fully saturated rings. The van der Waals surface area contributed by atoms with Gasteiger partial charge in [0.2, 0.25) is 0 Å². The molecule has 0 saturated carbocycles. The van der Waals surface area contributed by atoms with E-state index in [0.717, 1.165) is 17.1 Å². The fourth-order valence-electron chi connectivity index (χ4n) is 3.04. The Morgan fingerprint density at radius 1 is 1.24 bits per heavy atom. The van der Waals surface area contributed by atoms with Crippen LogP contribution >= 0.6 is 0 Å². The van der Waals surface area contributed by atoms with E-state index in [2.05, 4.69) is 4.98 Å². The molecule has 6 heteroatoms. The van der Waals surface area contributed by atoms with Crippen molar-refractivity contribution in [1.29, 1.82) is 0 Å². The molecule has 1 aliphatic rings. The maximum absolute atomic E-state index is 12.8. The van der Waals surface area contributed by atoms with Gasteiger partial charge in [-0.05, 0) is 31.2 Å². The number of imidazole rings is 1. The number of likely N-dealkylation sites (N-methyl/N-ethyl adjacent to an activating group) is 1. The fourth-order valence-corrected chi connectivity index (χ4v) is 3.04. The normalized spacial score (nSPS) is 16.0. The van der Waals surface area contributed by atoms with Crippen LogP contribution < -0.4 is 9.47 Å². The van der Waals surface area contributed by atoms with Crippen molar-refractivity contribution in [2.75, 3.05) is 20.2 Å². The number of nitrogens with zero attached hydrogens (tertiary/aromatic N) is 3. The molecule has 1 aliphatic heterocycles. The molecule has 0 spiro atoms. The number of para-hydroxylation sites is 2. The van der Waals surface area contributed by atoms with Crippen LogP contribution in [0, 0.1) is 6.92 Å². The Bertz CT molecular complexity index is 935. The number of pyridine rings is 1. The number of benzene rings is 1. The molecule has 25 heavy (non-hydrogen) atoms. The van der Waals surface area contributed by atoms with E-state index in [9.17, 15) is 4.79 Å². The molecule has 1 atom stereocenters. The van der Waals surface area contributed by atoms with Crippen molar-refractivity contribution in [2.45, 2.75) is 13.0 Å². The second-order valence-corrected chi connectivity index (χ2v) is 6.16. The summed E-state index contributed by atoms with van der Waals surface area (Å²) >= 11 is 0. The van der Waals surface area contributed by atoms with Crippen molar-refractivity contribution in [3.05, 3.63) is 60.0 Å². The summed E-state index contributed by atoms with van der Waals surface area (Å²) in [5, 5.41) is 0. The lowest BCUT2D eigenvalue weighted by Crippen LogP contribution is -2.42. The number of carbonyl (C=O) groups excluding carboxylic acids is 1. The lowest BCUT2D eigenvalue weighted by Gasteiger charge is -2.29. The molecule has 0 saturated heterocycles. The van der Waals surface area contributed by atoms with E-state index in [-0.39, 0.29) is 12.0 Å². The van der Waals surface area contributed by atoms with Gasteiger partial charge in [-0.2, -0.15) is 0 Å². The predicted octanol–water partition coefficient (Wildman–Crippen LogP) is 2.55. The highest BCUT2D eigenvalue weighted by Crippen LogP contribution is 2.31. The third kappa shape index (κ3) is 2.80. The number of aromatic nitrogens is 2. The maximum atomic E-state index is 12.8. The predicted molar refractivity (Wildman–Crippen MR) is 93.2 cm³/mol. The van der Waals surface area contributed by atoms with Crippen molar-refractivity contribution in [2.24, 2.45) is 0 Å². The Morgan fingerprint density at radius 3 is 2.80 bits per heavy atom. The van der Waals surface area contributed by atoms with E-state index >= 15 is 0 Å². The minimum absolute atomic E-state index is 0.122. The fraction of sp³-hybridized carbons (Fsp3) is 0.263. The number of aryl methyl sites for hydroxylation is 1. The first-order valence-electron chi connectivity index (χ1n) is 8.21. The van der Waals surface area contributed by atoms with Gasteiger partial charge in [-0.1, -0.05) is 18.2 Å². The summed E-state index contributed by atoms with van der Waals surface area (Å²) in [7, 11) is 1.76. The summed E-state index contributed by atoms with van der Waals surface area (Å²) in [6.45, 7) is 2.75. The van der Waals surface area contributed by atoms with Gasteiger partial charge in [-0.15, -0.1) is 0 Å². The summed E-state index contributed by atoms with van der Waals surface area (Å²) in [6.07, 6.45) is 1.70. The first-order chi connectivity index (χ1) is 12.1. The molecule has 128 valence electrons. The second kappa shape index (κ2) is 6.12. The van der Waals surface area contributed by atoms with Gasteiger partial charge in [-0.25, -0.2) is 4.98 Å². The Kier molecular flexibility index (Phi) is 3.80. The second-order valence-electron chi connectivity index (χ2n) is 6.16. The lowest BCUT2D eigenvalue weighted by molar-refractivity contribution is 0.0517. The van der Waals surface area contributed by atoms with Crippen LogP contribution in [-0.4, -0.2) is 46.5 Å². The molecule has 3 heterocycles. The zero-order chi connectivity index (χ0) is 17.4. The first-order valence-corrected chi connectivity index (χ1v) is 8.21. The number of hydrogen-bond donors (Lipinski definition) is 0. The van der Waals surface area contributed by atoms with E-state index in [1.807, 2.05) is 60.0 Å². The highest BCUT2D eigenvalue weighted by molar-refractivity contribution is 5.94. The zero-order valence-corrected chi connectivity index (χ0v) is 14.2. The van der Waals surface area contributed by atoms with E-state index in [0.29, 0.717) is 24.6 Å². The number of rotatable bonds is 3. The molecule has 0 radical (unpaired) electrons. The van der Waals surface area contributed by atoms with Crippen LogP contribution in [0.4, 0.5) is 0 Å². The van der Waals surface area contributed by atoms with Crippen molar-refractivity contribution in [3.63, 3.8) is 0 Å². The molecular formula is C19H19N3O3. The van der Waals surface area contributed by atoms with E-state index in [1.165, 1.54) is 0 Å². The average molecular weight is 337 g/mol. The molecule has 4 rings (SSSR count). The zero-order valence-electron chi connectivity index (χ0n) is 14.2. The topological polar surface area (TPSA) is 56.1 Å². The highest BCUT2D eigenvalue weighted by atomic mass is 16.6. The molecule has 0 bridgehead atoms. The molecule has 6 nitrogen and oxygen atoms in total. The molecular weight excluding hydrogens is 318 g/mol. The van der Waals surface area contributed by atoms with Crippen LogP contribution in [0.1, 0.15) is 16.2 Å². The average Bonchev–Trinajstić information content (AvgIpc) is 2.98. The quantitative estimate of drug-likeness (QED) is 0.737. The molecule has 0 aliphatic carbocycles. The summed E-state index contributed by atoms with van der Waals surface area (Å²) in [5.74, 6) is 1.33. The molecule has 2 aromatic heterocycles. The highest BCUT2D eigenvalue weighted by Gasteiger charge is 2.26. The SMILES string of the molecule is Cc1c(C(=O)N(C)CC2COc3ccccc3O2)nc2ccccn12. The van der Waals surface area contributed by atoms with Crippen molar-refractivity contribution in [3.8, 4) is 11.5 Å². The largest absolute Gasteiger partial charge is 0.486 e. The van der Waals surface area contributed by atoms with Gasteiger partial charge in [0.1, 0.15) is 17.9 Å². The standard InChI is InChI=1S/C19H19N3O3/c1-13-18(20-17-9-5-6-10-22(13)17)19(23)21(2)11-14-12-24-15-7-3-4-8-16(15)25-14/h3-10,14H,11-12H2,1-2H3. The van der Waals surface area contributed by atoms with E-state index in [1.54, 1.807) is 11.9 Å². The molecule has 0 N–H and O–H groups in total. The number of carbonyl (C=O) groups is 1. The van der Waals surface area contributed by atoms with Gasteiger partial charge in [-0.3, -0.25) is 4.79 Å². The third-order valence-electron chi connectivity index (χ3n) is 4.36. The number of amides is 1. The number of fused-ring (bicyclic) bond motifs is 2. The van der Waals surface area contributed by atoms with Crippen molar-refractivity contribution >= 4 is 11.6 Å². The first kappa shape index (κ1) is 15.5. The van der Waals surface area contributed by atoms with Crippen molar-refractivity contribution < 1.29 is 14.3 Å². The van der Waals surface area contributed by atoms with Gasteiger partial charge < -0.3 is 18.8 Å². The van der Waals surface area contributed by atoms with Gasteiger partial charge in [0.15, 0.2) is 17.6 Å². The summed E-state index contributed by atoms with van der Waals surface area (Å²) in [4.78, 5) is 18.9. The van der Waals surface area contributed by atoms with Crippen LogP contribution in [0.15, 0.2) is 48.7 Å². The maximum Gasteiger partial charge on any atom is 0.274 e. The molecule has 3 aromatic rings. The minimum atomic E-state index is -0.207. The number of ether oxygens (including phenoxy) is 2. The third-order valence-corrected chi connectivity index (χ3v) is 4.36. The Morgan fingerprint density at radius 2 is 2.00 bits per heavy atom. The lowest BCUT2D eigenvalue weighted by atomic mass is 10.2. The van der Waals surface area contributed by atoms with Crippen LogP contribution in [-0.2, 0) is 0 Å². The Labute approximate surface area is 145 Å². The summed E-state index contributed by atoms with van der Waals surface area (Å²) in [6, 6.07) is 13.3. The van der Waals surface area contributed by atoms with Gasteiger partial charge in [0.25, 0.3) is 5.91 Å². The van der Waals surface area contributed by atoms with Gasteiger partial charge >= 0.3 is 0 Å². The van der Waals surface area contributed by atoms with Gasteiger partial charge in [0.05, 0.1) is 12.2 Å². The monoisotopic (exact) mass is 337 g/mol. The molecule has 1 aromatic carbocycles.